The van der Waals surface area contributed by atoms with Crippen LogP contribution in [0.1, 0.15) is 11.7 Å². The molecule has 6 heteroatoms. The summed E-state index contributed by atoms with van der Waals surface area (Å²) in [5.74, 6) is 1.30. The lowest BCUT2D eigenvalue weighted by Gasteiger charge is -2.16. The van der Waals surface area contributed by atoms with Crippen molar-refractivity contribution in [1.29, 1.82) is 0 Å². The summed E-state index contributed by atoms with van der Waals surface area (Å²) >= 11 is 6.00. The Morgan fingerprint density at radius 1 is 1.62 bits per heavy atom. The van der Waals surface area contributed by atoms with E-state index in [1.807, 2.05) is 0 Å². The monoisotopic (exact) mass is 245 g/mol. The zero-order valence-electron chi connectivity index (χ0n) is 8.70. The van der Waals surface area contributed by atoms with Crippen molar-refractivity contribution in [2.75, 3.05) is 20.4 Å². The predicted molar refractivity (Wildman–Crippen MR) is 58.1 cm³/mol. The van der Waals surface area contributed by atoms with Crippen molar-refractivity contribution in [1.82, 2.24) is 0 Å². The molecule has 1 atom stereocenters. The number of aliphatic hydroxyl groups is 1. The summed E-state index contributed by atoms with van der Waals surface area (Å²) in [4.78, 5) is 0. The van der Waals surface area contributed by atoms with Gasteiger partial charge in [-0.3, -0.25) is 0 Å². The highest BCUT2D eigenvalue weighted by Crippen LogP contribution is 2.47. The molecule has 1 aliphatic heterocycles. The van der Waals surface area contributed by atoms with Crippen molar-refractivity contribution in [3.05, 3.63) is 16.7 Å². The first kappa shape index (κ1) is 11.3. The lowest BCUT2D eigenvalue weighted by molar-refractivity contribution is 0.158. The number of hydrogen-bond donors (Lipinski definition) is 2. The molecule has 1 heterocycles. The van der Waals surface area contributed by atoms with E-state index in [2.05, 4.69) is 0 Å². The molecule has 1 unspecified atom stereocenters. The van der Waals surface area contributed by atoms with Crippen molar-refractivity contribution >= 4 is 11.6 Å². The zero-order chi connectivity index (χ0) is 11.7. The van der Waals surface area contributed by atoms with Gasteiger partial charge < -0.3 is 25.1 Å². The van der Waals surface area contributed by atoms with Crippen LogP contribution in [-0.2, 0) is 0 Å². The van der Waals surface area contributed by atoms with E-state index < -0.39 is 6.10 Å². The van der Waals surface area contributed by atoms with Crippen molar-refractivity contribution in [3.8, 4) is 17.2 Å². The van der Waals surface area contributed by atoms with E-state index in [0.29, 0.717) is 27.8 Å². The first-order valence-electron chi connectivity index (χ1n) is 4.73. The molecule has 1 aromatic carbocycles. The number of methoxy groups -OCH3 is 1. The van der Waals surface area contributed by atoms with Gasteiger partial charge in [-0.1, -0.05) is 11.6 Å². The van der Waals surface area contributed by atoms with Crippen LogP contribution in [0.25, 0.3) is 0 Å². The number of fused-ring (bicyclic) bond motifs is 1. The van der Waals surface area contributed by atoms with Gasteiger partial charge in [0.05, 0.1) is 23.8 Å². The normalized spacial score (nSPS) is 15.0. The quantitative estimate of drug-likeness (QED) is 0.833. The van der Waals surface area contributed by atoms with E-state index in [1.165, 1.54) is 7.11 Å². The van der Waals surface area contributed by atoms with E-state index in [0.717, 1.165) is 0 Å². The highest BCUT2D eigenvalue weighted by molar-refractivity contribution is 6.32. The van der Waals surface area contributed by atoms with Crippen LogP contribution in [0.2, 0.25) is 5.02 Å². The average Bonchev–Trinajstić information content (AvgIpc) is 2.73. The third-order valence-corrected chi connectivity index (χ3v) is 2.65. The highest BCUT2D eigenvalue weighted by atomic mass is 35.5. The van der Waals surface area contributed by atoms with Crippen LogP contribution in [0, 0.1) is 0 Å². The minimum absolute atomic E-state index is 0.0481. The molecule has 0 saturated heterocycles. The molecule has 1 aliphatic rings. The third kappa shape index (κ3) is 1.67. The van der Waals surface area contributed by atoms with Gasteiger partial charge in [0.15, 0.2) is 11.5 Å². The molecular weight excluding hydrogens is 234 g/mol. The second-order valence-electron chi connectivity index (χ2n) is 3.29. The van der Waals surface area contributed by atoms with Crippen molar-refractivity contribution in [3.63, 3.8) is 0 Å². The number of hydrogen-bond acceptors (Lipinski definition) is 5. The maximum Gasteiger partial charge on any atom is 0.231 e. The molecule has 0 aliphatic carbocycles. The van der Waals surface area contributed by atoms with Gasteiger partial charge in [-0.25, -0.2) is 0 Å². The van der Waals surface area contributed by atoms with Crippen LogP contribution < -0.4 is 19.9 Å². The van der Waals surface area contributed by atoms with Gasteiger partial charge >= 0.3 is 0 Å². The van der Waals surface area contributed by atoms with Gasteiger partial charge in [-0.15, -0.1) is 0 Å². The molecule has 0 aromatic heterocycles. The molecule has 5 nitrogen and oxygen atoms in total. The summed E-state index contributed by atoms with van der Waals surface area (Å²) in [6.45, 7) is 0.148. The van der Waals surface area contributed by atoms with Gasteiger partial charge in [0.25, 0.3) is 0 Å². The summed E-state index contributed by atoms with van der Waals surface area (Å²) in [5.41, 5.74) is 5.86. The van der Waals surface area contributed by atoms with Gasteiger partial charge in [-0.05, 0) is 0 Å². The van der Waals surface area contributed by atoms with E-state index in [-0.39, 0.29) is 13.3 Å². The lowest BCUT2D eigenvalue weighted by Crippen LogP contribution is -2.13. The number of ether oxygens (including phenoxy) is 3. The smallest absolute Gasteiger partial charge is 0.231 e. The molecule has 1 aromatic rings. The summed E-state index contributed by atoms with van der Waals surface area (Å²) in [5, 5.41) is 10.2. The second kappa shape index (κ2) is 4.37. The molecule has 0 amide bonds. The summed E-state index contributed by atoms with van der Waals surface area (Å²) in [7, 11) is 1.47. The standard InChI is InChI=1S/C10H12ClNO4/c1-14-9-5(11)2-7-10(16-4-15-7)8(9)6(13)3-12/h2,6,13H,3-4,12H2,1H3. The number of nitrogens with two attached hydrogens (primary N) is 1. The molecule has 0 radical (unpaired) electrons. The minimum Gasteiger partial charge on any atom is -0.495 e. The van der Waals surface area contributed by atoms with Crippen LogP contribution in [0.3, 0.4) is 0 Å². The number of halogens is 1. The fourth-order valence-corrected chi connectivity index (χ4v) is 1.92. The third-order valence-electron chi connectivity index (χ3n) is 2.37. The molecule has 2 rings (SSSR count). The summed E-state index contributed by atoms with van der Waals surface area (Å²) < 4.78 is 15.6. The van der Waals surface area contributed by atoms with Gasteiger partial charge in [0.1, 0.15) is 5.75 Å². The van der Waals surface area contributed by atoms with E-state index >= 15 is 0 Å². The Bertz CT molecular complexity index is 407. The molecule has 16 heavy (non-hydrogen) atoms. The fraction of sp³-hybridized carbons (Fsp3) is 0.400. The van der Waals surface area contributed by atoms with Crippen LogP contribution in [-0.4, -0.2) is 25.6 Å². The Hall–Kier alpha value is -1.17. The zero-order valence-corrected chi connectivity index (χ0v) is 9.45. The average molecular weight is 246 g/mol. The van der Waals surface area contributed by atoms with Crippen LogP contribution in [0.5, 0.6) is 17.2 Å². The SMILES string of the molecule is COc1c(Cl)cc2c(c1C(O)CN)OCO2. The Morgan fingerprint density at radius 3 is 3.00 bits per heavy atom. The summed E-state index contributed by atoms with van der Waals surface area (Å²) in [6.07, 6.45) is -0.899. The van der Waals surface area contributed by atoms with Crippen LogP contribution in [0.4, 0.5) is 0 Å². The van der Waals surface area contributed by atoms with Gasteiger partial charge in [0, 0.05) is 12.6 Å². The lowest BCUT2D eigenvalue weighted by atomic mass is 10.1. The largest absolute Gasteiger partial charge is 0.495 e. The Morgan fingerprint density at radius 2 is 2.38 bits per heavy atom. The van der Waals surface area contributed by atoms with Crippen molar-refractivity contribution < 1.29 is 19.3 Å². The topological polar surface area (TPSA) is 73.9 Å². The van der Waals surface area contributed by atoms with E-state index in [9.17, 15) is 5.11 Å². The Balaban J connectivity index is 2.61. The van der Waals surface area contributed by atoms with Gasteiger partial charge in [-0.2, -0.15) is 0 Å². The van der Waals surface area contributed by atoms with E-state index in [4.69, 9.17) is 31.5 Å². The van der Waals surface area contributed by atoms with Crippen LogP contribution in [0.15, 0.2) is 6.07 Å². The van der Waals surface area contributed by atoms with E-state index in [1.54, 1.807) is 6.07 Å². The van der Waals surface area contributed by atoms with Crippen molar-refractivity contribution in [2.24, 2.45) is 5.73 Å². The Labute approximate surface area is 97.7 Å². The number of rotatable bonds is 3. The molecule has 88 valence electrons. The summed E-state index contributed by atoms with van der Waals surface area (Å²) in [6, 6.07) is 1.59. The number of aliphatic hydroxyl groups excluding tert-OH is 1. The first-order chi connectivity index (χ1) is 7.69. The molecular formula is C10H12ClNO4. The maximum absolute atomic E-state index is 9.83. The molecule has 3 N–H and O–H groups in total. The molecule has 0 fully saturated rings. The highest BCUT2D eigenvalue weighted by Gasteiger charge is 2.28. The molecule has 0 spiro atoms. The second-order valence-corrected chi connectivity index (χ2v) is 3.70. The van der Waals surface area contributed by atoms with Crippen LogP contribution >= 0.6 is 11.6 Å². The Kier molecular flexibility index (Phi) is 3.09. The minimum atomic E-state index is -0.899. The fourth-order valence-electron chi connectivity index (χ4n) is 1.65. The molecule has 0 saturated carbocycles. The van der Waals surface area contributed by atoms with Crippen molar-refractivity contribution in [2.45, 2.75) is 6.10 Å². The maximum atomic E-state index is 9.83. The predicted octanol–water partition coefficient (Wildman–Crippen LogP) is 1.07. The number of benzene rings is 1. The molecule has 0 bridgehead atoms. The first-order valence-corrected chi connectivity index (χ1v) is 5.11. The van der Waals surface area contributed by atoms with Gasteiger partial charge in [0.2, 0.25) is 6.79 Å².